The largest absolute Gasteiger partial charge is 0.326 e. The third kappa shape index (κ3) is 3.47. The van der Waals surface area contributed by atoms with E-state index in [1.54, 1.807) is 0 Å². The van der Waals surface area contributed by atoms with Gasteiger partial charge in [-0.25, -0.2) is 0 Å². The molecule has 94 valence electrons. The number of hydrogen-bond acceptors (Lipinski definition) is 3. The first kappa shape index (κ1) is 13.4. The zero-order valence-corrected chi connectivity index (χ0v) is 12.5. The summed E-state index contributed by atoms with van der Waals surface area (Å²) < 4.78 is 1.13. The molecule has 2 nitrogen and oxygen atoms in total. The highest BCUT2D eigenvalue weighted by atomic mass is 79.9. The Morgan fingerprint density at radius 1 is 1.35 bits per heavy atom. The van der Waals surface area contributed by atoms with Gasteiger partial charge in [0.1, 0.15) is 0 Å². The van der Waals surface area contributed by atoms with Crippen molar-refractivity contribution in [3.63, 3.8) is 0 Å². The zero-order valence-electron chi connectivity index (χ0n) is 10.1. The van der Waals surface area contributed by atoms with Crippen LogP contribution in [-0.4, -0.2) is 35.5 Å². The molecule has 1 fully saturated rings. The van der Waals surface area contributed by atoms with E-state index in [1.165, 1.54) is 17.1 Å². The van der Waals surface area contributed by atoms with Crippen molar-refractivity contribution in [1.29, 1.82) is 0 Å². The molecule has 2 atom stereocenters. The Balaban J connectivity index is 2.21. The van der Waals surface area contributed by atoms with Crippen molar-refractivity contribution in [1.82, 2.24) is 4.90 Å². The Kier molecular flexibility index (Phi) is 4.91. The first-order valence-electron chi connectivity index (χ1n) is 6.01. The molecule has 0 aromatic heterocycles. The Bertz CT molecular complexity index is 364. The minimum absolute atomic E-state index is 0.160. The van der Waals surface area contributed by atoms with Crippen LogP contribution < -0.4 is 5.73 Å². The molecule has 1 aliphatic rings. The maximum Gasteiger partial charge on any atom is 0.0497 e. The maximum atomic E-state index is 6.19. The molecule has 0 radical (unpaired) electrons. The summed E-state index contributed by atoms with van der Waals surface area (Å²) in [6.45, 7) is 4.39. The molecule has 1 aromatic rings. The number of thioether (sulfide) groups is 1. The van der Waals surface area contributed by atoms with Gasteiger partial charge < -0.3 is 5.73 Å². The summed E-state index contributed by atoms with van der Waals surface area (Å²) >= 11 is 5.57. The van der Waals surface area contributed by atoms with E-state index in [-0.39, 0.29) is 6.04 Å². The number of benzene rings is 1. The second-order valence-corrected chi connectivity index (χ2v) is 6.65. The Labute approximate surface area is 116 Å². The van der Waals surface area contributed by atoms with E-state index in [9.17, 15) is 0 Å². The fourth-order valence-corrected chi connectivity index (χ4v) is 3.74. The van der Waals surface area contributed by atoms with Gasteiger partial charge in [0, 0.05) is 41.2 Å². The summed E-state index contributed by atoms with van der Waals surface area (Å²) in [7, 11) is 0. The monoisotopic (exact) mass is 314 g/mol. The molecule has 2 N–H and O–H groups in total. The van der Waals surface area contributed by atoms with Gasteiger partial charge in [0.2, 0.25) is 0 Å². The summed E-state index contributed by atoms with van der Waals surface area (Å²) in [5, 5.41) is 0. The fraction of sp³-hybridized carbons (Fsp3) is 0.538. The molecule has 2 rings (SSSR count). The molecule has 1 aromatic carbocycles. The summed E-state index contributed by atoms with van der Waals surface area (Å²) in [4.78, 5) is 2.52. The van der Waals surface area contributed by atoms with Gasteiger partial charge >= 0.3 is 0 Å². The van der Waals surface area contributed by atoms with Crippen molar-refractivity contribution >= 4 is 27.7 Å². The summed E-state index contributed by atoms with van der Waals surface area (Å²) in [5.41, 5.74) is 7.51. The van der Waals surface area contributed by atoms with Crippen molar-refractivity contribution in [2.75, 3.05) is 24.6 Å². The highest BCUT2D eigenvalue weighted by Crippen LogP contribution is 2.28. The smallest absolute Gasteiger partial charge is 0.0497 e. The number of nitrogens with zero attached hydrogens (tertiary/aromatic N) is 1. The molecule has 1 aliphatic heterocycles. The van der Waals surface area contributed by atoms with E-state index in [4.69, 9.17) is 5.73 Å². The lowest BCUT2D eigenvalue weighted by molar-refractivity contribution is 0.195. The summed E-state index contributed by atoms with van der Waals surface area (Å²) in [5.74, 6) is 2.44. The Hall–Kier alpha value is -0.0300. The van der Waals surface area contributed by atoms with E-state index in [0.717, 1.165) is 17.6 Å². The van der Waals surface area contributed by atoms with Gasteiger partial charge in [-0.3, -0.25) is 4.90 Å². The molecule has 0 amide bonds. The first-order chi connectivity index (χ1) is 8.18. The average molecular weight is 315 g/mol. The normalized spacial score (nSPS) is 21.1. The van der Waals surface area contributed by atoms with Crippen molar-refractivity contribution in [3.8, 4) is 0 Å². The number of halogens is 1. The van der Waals surface area contributed by atoms with Crippen LogP contribution in [0.4, 0.5) is 0 Å². The minimum Gasteiger partial charge on any atom is -0.326 e. The maximum absolute atomic E-state index is 6.19. The Morgan fingerprint density at radius 3 is 2.65 bits per heavy atom. The van der Waals surface area contributed by atoms with Crippen LogP contribution in [0.5, 0.6) is 0 Å². The van der Waals surface area contributed by atoms with Crippen molar-refractivity contribution in [2.45, 2.75) is 19.0 Å². The van der Waals surface area contributed by atoms with Crippen LogP contribution in [0.15, 0.2) is 28.7 Å². The average Bonchev–Trinajstić information content (AvgIpc) is 2.30. The first-order valence-corrected chi connectivity index (χ1v) is 7.96. The highest BCUT2D eigenvalue weighted by Gasteiger charge is 2.25. The van der Waals surface area contributed by atoms with Gasteiger partial charge in [-0.05, 0) is 24.6 Å². The van der Waals surface area contributed by atoms with Crippen LogP contribution in [0.1, 0.15) is 18.5 Å². The minimum atomic E-state index is 0.160. The van der Waals surface area contributed by atoms with Crippen molar-refractivity contribution in [2.24, 2.45) is 5.73 Å². The molecule has 0 aliphatic carbocycles. The van der Waals surface area contributed by atoms with Gasteiger partial charge in [0.05, 0.1) is 0 Å². The summed E-state index contributed by atoms with van der Waals surface area (Å²) in [6, 6.07) is 9.03. The lowest BCUT2D eigenvalue weighted by atomic mass is 9.99. The van der Waals surface area contributed by atoms with E-state index in [0.29, 0.717) is 6.04 Å². The van der Waals surface area contributed by atoms with Crippen LogP contribution in [0, 0.1) is 0 Å². The zero-order chi connectivity index (χ0) is 12.3. The van der Waals surface area contributed by atoms with Crippen LogP contribution in [0.25, 0.3) is 0 Å². The number of hydrogen-bond donors (Lipinski definition) is 1. The summed E-state index contributed by atoms with van der Waals surface area (Å²) in [6.07, 6.45) is 0. The topological polar surface area (TPSA) is 29.3 Å². The number of nitrogens with two attached hydrogens (primary N) is 1. The molecule has 0 spiro atoms. The number of rotatable bonds is 3. The van der Waals surface area contributed by atoms with Crippen LogP contribution in [0.2, 0.25) is 0 Å². The molecule has 0 saturated carbocycles. The van der Waals surface area contributed by atoms with Gasteiger partial charge in [0.25, 0.3) is 0 Å². The molecule has 1 saturated heterocycles. The van der Waals surface area contributed by atoms with Crippen molar-refractivity contribution in [3.05, 3.63) is 34.3 Å². The van der Waals surface area contributed by atoms with E-state index in [2.05, 4.69) is 52.0 Å². The van der Waals surface area contributed by atoms with Gasteiger partial charge in [-0.1, -0.05) is 28.1 Å². The highest BCUT2D eigenvalue weighted by molar-refractivity contribution is 9.10. The second kappa shape index (κ2) is 6.23. The standard InChI is InChI=1S/C13H19BrN2S/c1-10(15)13(16-5-7-17-8-6-16)11-3-2-4-12(14)9-11/h2-4,9-10,13H,5-8,15H2,1H3. The molecule has 17 heavy (non-hydrogen) atoms. The van der Waals surface area contributed by atoms with Gasteiger partial charge in [-0.2, -0.15) is 11.8 Å². The van der Waals surface area contributed by atoms with Crippen LogP contribution in [-0.2, 0) is 0 Å². The quantitative estimate of drug-likeness (QED) is 0.930. The van der Waals surface area contributed by atoms with Crippen LogP contribution in [0.3, 0.4) is 0 Å². The molecule has 0 bridgehead atoms. The molecular weight excluding hydrogens is 296 g/mol. The van der Waals surface area contributed by atoms with E-state index >= 15 is 0 Å². The van der Waals surface area contributed by atoms with Gasteiger partial charge in [0.15, 0.2) is 0 Å². The fourth-order valence-electron chi connectivity index (χ4n) is 2.39. The SMILES string of the molecule is CC(N)C(c1cccc(Br)c1)N1CCSCC1. The lowest BCUT2D eigenvalue weighted by Gasteiger charge is -2.37. The molecular formula is C13H19BrN2S. The molecule has 4 heteroatoms. The van der Waals surface area contributed by atoms with Gasteiger partial charge in [-0.15, -0.1) is 0 Å². The van der Waals surface area contributed by atoms with E-state index in [1.807, 2.05) is 11.8 Å². The molecule has 2 unspecified atom stereocenters. The predicted molar refractivity (Wildman–Crippen MR) is 79.4 cm³/mol. The second-order valence-electron chi connectivity index (χ2n) is 4.51. The van der Waals surface area contributed by atoms with Crippen LogP contribution >= 0.6 is 27.7 Å². The van der Waals surface area contributed by atoms with Crippen molar-refractivity contribution < 1.29 is 0 Å². The Morgan fingerprint density at radius 2 is 2.06 bits per heavy atom. The lowest BCUT2D eigenvalue weighted by Crippen LogP contribution is -2.43. The third-order valence-electron chi connectivity index (χ3n) is 3.13. The molecule has 1 heterocycles. The third-order valence-corrected chi connectivity index (χ3v) is 4.56. The van der Waals surface area contributed by atoms with E-state index < -0.39 is 0 Å². The predicted octanol–water partition coefficient (Wildman–Crippen LogP) is 2.89.